The number of amides is 2. The molecule has 7 nitrogen and oxygen atoms in total. The maximum absolute atomic E-state index is 12.6. The lowest BCUT2D eigenvalue weighted by Gasteiger charge is -2.22. The summed E-state index contributed by atoms with van der Waals surface area (Å²) in [6.45, 7) is 4.58. The highest BCUT2D eigenvalue weighted by Gasteiger charge is 2.23. The predicted octanol–water partition coefficient (Wildman–Crippen LogP) is 2.47. The maximum atomic E-state index is 12.6. The third kappa shape index (κ3) is 4.31. The van der Waals surface area contributed by atoms with E-state index in [-0.39, 0.29) is 17.4 Å². The van der Waals surface area contributed by atoms with Gasteiger partial charge in [-0.2, -0.15) is 0 Å². The first kappa shape index (κ1) is 20.3. The Balaban J connectivity index is 1.41. The maximum Gasteiger partial charge on any atom is 0.349 e. The van der Waals surface area contributed by atoms with Gasteiger partial charge in [0.05, 0.1) is 0 Å². The van der Waals surface area contributed by atoms with E-state index < -0.39 is 11.5 Å². The highest BCUT2D eigenvalue weighted by molar-refractivity contribution is 5.95. The highest BCUT2D eigenvalue weighted by Crippen LogP contribution is 2.24. The Kier molecular flexibility index (Phi) is 5.99. The summed E-state index contributed by atoms with van der Waals surface area (Å²) in [7, 11) is 0. The molecular weight excluding hydrogens is 382 g/mol. The molecule has 1 unspecified atom stereocenters. The molecule has 0 spiro atoms. The van der Waals surface area contributed by atoms with Crippen LogP contribution in [0.15, 0.2) is 39.5 Å². The summed E-state index contributed by atoms with van der Waals surface area (Å²) in [6.07, 6.45) is 3.49. The number of hydrogen-bond donors (Lipinski definition) is 2. The number of piperidine rings is 1. The van der Waals surface area contributed by atoms with Crippen LogP contribution in [0.2, 0.25) is 0 Å². The zero-order valence-corrected chi connectivity index (χ0v) is 17.2. The summed E-state index contributed by atoms with van der Waals surface area (Å²) < 4.78 is 5.49. The average Bonchev–Trinajstić information content (AvgIpc) is 3.18. The largest absolute Gasteiger partial charge is 0.427 e. The summed E-state index contributed by atoms with van der Waals surface area (Å²) in [6, 6.07) is 9.36. The summed E-state index contributed by atoms with van der Waals surface area (Å²) >= 11 is 0. The molecular formula is C23H27N3O4. The summed E-state index contributed by atoms with van der Waals surface area (Å²) in [5, 5.41) is 6.11. The van der Waals surface area contributed by atoms with Crippen LogP contribution in [0.3, 0.4) is 0 Å². The minimum Gasteiger partial charge on any atom is -0.427 e. The summed E-state index contributed by atoms with van der Waals surface area (Å²) in [4.78, 5) is 38.7. The molecule has 2 N–H and O–H groups in total. The van der Waals surface area contributed by atoms with Crippen LogP contribution in [-0.2, 0) is 11.3 Å². The molecule has 2 aliphatic heterocycles. The standard InChI is InChI=1S/C23H27N3O4/c1-15-12-19(17-4-2-10-24-14-17)30-23(29)21(15)22(28)25-13-16-6-8-18(9-7-16)26-11-3-5-20(26)27/h6-9,12,17,24H,2-5,10-11,13-14H2,1H3,(H,25,28). The quantitative estimate of drug-likeness (QED) is 0.792. The minimum atomic E-state index is -0.587. The van der Waals surface area contributed by atoms with Crippen molar-refractivity contribution in [1.29, 1.82) is 0 Å². The second-order valence-electron chi connectivity index (χ2n) is 8.04. The zero-order chi connectivity index (χ0) is 21.1. The lowest BCUT2D eigenvalue weighted by Crippen LogP contribution is -2.31. The molecule has 2 saturated heterocycles. The van der Waals surface area contributed by atoms with Gasteiger partial charge in [-0.05, 0) is 62.1 Å². The van der Waals surface area contributed by atoms with Crippen molar-refractivity contribution in [3.63, 3.8) is 0 Å². The number of rotatable bonds is 5. The topological polar surface area (TPSA) is 91.7 Å². The Morgan fingerprint density at radius 2 is 2.03 bits per heavy atom. The molecule has 4 rings (SSSR count). The lowest BCUT2D eigenvalue weighted by molar-refractivity contribution is -0.117. The lowest BCUT2D eigenvalue weighted by atomic mass is 9.95. The van der Waals surface area contributed by atoms with E-state index in [2.05, 4.69) is 10.6 Å². The van der Waals surface area contributed by atoms with E-state index in [4.69, 9.17) is 4.42 Å². The number of carbonyl (C=O) groups is 2. The summed E-state index contributed by atoms with van der Waals surface area (Å²) in [5.41, 5.74) is 1.87. The minimum absolute atomic E-state index is 0.0572. The van der Waals surface area contributed by atoms with E-state index in [0.29, 0.717) is 24.3 Å². The molecule has 2 aromatic rings. The van der Waals surface area contributed by atoms with Crippen LogP contribution >= 0.6 is 0 Å². The molecule has 2 amide bonds. The number of benzene rings is 1. The molecule has 3 heterocycles. The van der Waals surface area contributed by atoms with Gasteiger partial charge in [-0.15, -0.1) is 0 Å². The summed E-state index contributed by atoms with van der Waals surface area (Å²) in [5.74, 6) is 0.524. The van der Waals surface area contributed by atoms with Crippen molar-refractivity contribution in [3.05, 3.63) is 63.2 Å². The van der Waals surface area contributed by atoms with Crippen LogP contribution in [0.4, 0.5) is 5.69 Å². The van der Waals surface area contributed by atoms with Gasteiger partial charge in [-0.1, -0.05) is 12.1 Å². The monoisotopic (exact) mass is 409 g/mol. The van der Waals surface area contributed by atoms with E-state index in [9.17, 15) is 14.4 Å². The van der Waals surface area contributed by atoms with Crippen molar-refractivity contribution in [2.75, 3.05) is 24.5 Å². The van der Waals surface area contributed by atoms with Gasteiger partial charge in [-0.25, -0.2) is 4.79 Å². The van der Waals surface area contributed by atoms with Gasteiger partial charge in [0.2, 0.25) is 5.91 Å². The van der Waals surface area contributed by atoms with Crippen molar-refractivity contribution in [2.45, 2.75) is 45.1 Å². The number of nitrogens with zero attached hydrogens (tertiary/aromatic N) is 1. The Morgan fingerprint density at radius 3 is 2.67 bits per heavy atom. The first-order valence-electron chi connectivity index (χ1n) is 10.6. The molecule has 7 heteroatoms. The Morgan fingerprint density at radius 1 is 1.23 bits per heavy atom. The second-order valence-corrected chi connectivity index (χ2v) is 8.04. The van der Waals surface area contributed by atoms with Gasteiger partial charge in [-0.3, -0.25) is 9.59 Å². The van der Waals surface area contributed by atoms with Crippen molar-refractivity contribution in [2.24, 2.45) is 0 Å². The third-order valence-corrected chi connectivity index (χ3v) is 5.87. The molecule has 0 bridgehead atoms. The van der Waals surface area contributed by atoms with Gasteiger partial charge in [0.25, 0.3) is 5.91 Å². The first-order chi connectivity index (χ1) is 14.5. The van der Waals surface area contributed by atoms with Gasteiger partial charge < -0.3 is 20.0 Å². The molecule has 1 aromatic heterocycles. The van der Waals surface area contributed by atoms with Crippen LogP contribution in [0.25, 0.3) is 0 Å². The normalized spacial score (nSPS) is 19.2. The predicted molar refractivity (Wildman–Crippen MR) is 114 cm³/mol. The second kappa shape index (κ2) is 8.83. The van der Waals surface area contributed by atoms with Crippen LogP contribution in [-0.4, -0.2) is 31.4 Å². The smallest absolute Gasteiger partial charge is 0.349 e. The van der Waals surface area contributed by atoms with Crippen molar-refractivity contribution < 1.29 is 14.0 Å². The number of aryl methyl sites for hydroxylation is 1. The Bertz CT molecular complexity index is 990. The Labute approximate surface area is 175 Å². The van der Waals surface area contributed by atoms with E-state index >= 15 is 0 Å². The van der Waals surface area contributed by atoms with Gasteiger partial charge in [0.1, 0.15) is 11.3 Å². The van der Waals surface area contributed by atoms with Crippen molar-refractivity contribution >= 4 is 17.5 Å². The first-order valence-corrected chi connectivity index (χ1v) is 10.6. The molecule has 2 aliphatic rings. The van der Waals surface area contributed by atoms with E-state index in [1.165, 1.54) is 0 Å². The third-order valence-electron chi connectivity index (χ3n) is 5.87. The van der Waals surface area contributed by atoms with Crippen molar-refractivity contribution in [3.8, 4) is 0 Å². The zero-order valence-electron chi connectivity index (χ0n) is 17.2. The molecule has 0 saturated carbocycles. The van der Waals surface area contributed by atoms with Gasteiger partial charge >= 0.3 is 5.63 Å². The average molecular weight is 409 g/mol. The van der Waals surface area contributed by atoms with Crippen molar-refractivity contribution in [1.82, 2.24) is 10.6 Å². The molecule has 30 heavy (non-hydrogen) atoms. The fraction of sp³-hybridized carbons (Fsp3) is 0.435. The fourth-order valence-electron chi connectivity index (χ4n) is 4.19. The van der Waals surface area contributed by atoms with E-state index in [1.54, 1.807) is 11.8 Å². The number of anilines is 1. The SMILES string of the molecule is Cc1cc(C2CCCNC2)oc(=O)c1C(=O)NCc1ccc(N2CCCC2=O)cc1. The molecule has 0 radical (unpaired) electrons. The number of nitrogens with one attached hydrogen (secondary N) is 2. The molecule has 2 fully saturated rings. The van der Waals surface area contributed by atoms with Crippen LogP contribution in [0.5, 0.6) is 0 Å². The molecule has 0 aliphatic carbocycles. The number of carbonyl (C=O) groups excluding carboxylic acids is 2. The van der Waals surface area contributed by atoms with Crippen LogP contribution in [0.1, 0.15) is 58.8 Å². The fourth-order valence-corrected chi connectivity index (χ4v) is 4.19. The molecule has 158 valence electrons. The van der Waals surface area contributed by atoms with Gasteiger partial charge in [0, 0.05) is 37.7 Å². The van der Waals surface area contributed by atoms with Crippen LogP contribution < -0.4 is 21.2 Å². The number of hydrogen-bond acceptors (Lipinski definition) is 5. The Hall–Kier alpha value is -2.93. The molecule has 1 aromatic carbocycles. The molecule has 1 atom stereocenters. The van der Waals surface area contributed by atoms with Gasteiger partial charge in [0.15, 0.2) is 0 Å². The van der Waals surface area contributed by atoms with E-state index in [0.717, 1.165) is 50.1 Å². The highest BCUT2D eigenvalue weighted by atomic mass is 16.4. The van der Waals surface area contributed by atoms with E-state index in [1.807, 2.05) is 30.3 Å². The van der Waals surface area contributed by atoms with Crippen LogP contribution in [0, 0.1) is 6.92 Å².